The number of nitrogens with zero attached hydrogens (tertiary/aromatic N) is 5. The van der Waals surface area contributed by atoms with Crippen LogP contribution in [0, 0.1) is 12.7 Å². The predicted molar refractivity (Wildman–Crippen MR) is 110 cm³/mol. The first-order valence-electron chi connectivity index (χ1n) is 9.92. The lowest BCUT2D eigenvalue weighted by molar-refractivity contribution is -0.121. The van der Waals surface area contributed by atoms with Gasteiger partial charge in [0.05, 0.1) is 11.2 Å². The first-order valence-corrected chi connectivity index (χ1v) is 9.92. The molecule has 9 heteroatoms. The number of aromatic nitrogens is 5. The first-order chi connectivity index (χ1) is 14.6. The molecule has 4 heterocycles. The van der Waals surface area contributed by atoms with Gasteiger partial charge >= 0.3 is 0 Å². The van der Waals surface area contributed by atoms with Gasteiger partial charge in [0, 0.05) is 23.7 Å². The number of benzene rings is 1. The number of aryl methyl sites for hydroxylation is 1. The molecule has 1 fully saturated rings. The maximum absolute atomic E-state index is 14.0. The molecule has 0 radical (unpaired) electrons. The minimum absolute atomic E-state index is 0.0549. The summed E-state index contributed by atoms with van der Waals surface area (Å²) in [6.45, 7) is 2.28. The number of halogens is 1. The maximum atomic E-state index is 14.0. The van der Waals surface area contributed by atoms with Crippen LogP contribution in [0.5, 0.6) is 0 Å². The molecule has 30 heavy (non-hydrogen) atoms. The number of anilines is 1. The van der Waals surface area contributed by atoms with Gasteiger partial charge in [-0.15, -0.1) is 5.10 Å². The Morgan fingerprint density at radius 3 is 2.97 bits per heavy atom. The largest absolute Gasteiger partial charge is 0.354 e. The molecule has 5 rings (SSSR count). The van der Waals surface area contributed by atoms with Crippen molar-refractivity contribution in [3.05, 3.63) is 48.0 Å². The second-order valence-corrected chi connectivity index (χ2v) is 7.40. The Balaban J connectivity index is 1.66. The maximum Gasteiger partial charge on any atom is 0.242 e. The average molecular weight is 405 g/mol. The van der Waals surface area contributed by atoms with Crippen molar-refractivity contribution >= 4 is 28.4 Å². The predicted octanol–water partition coefficient (Wildman–Crippen LogP) is 2.87. The number of para-hydroxylation sites is 1. The number of pyridine rings is 1. The summed E-state index contributed by atoms with van der Waals surface area (Å²) in [6.07, 6.45) is 4.14. The van der Waals surface area contributed by atoms with Gasteiger partial charge in [-0.05, 0) is 44.4 Å². The van der Waals surface area contributed by atoms with E-state index in [1.165, 1.54) is 6.07 Å². The van der Waals surface area contributed by atoms with Crippen LogP contribution in [0.3, 0.4) is 0 Å². The molecule has 152 valence electrons. The van der Waals surface area contributed by atoms with Crippen molar-refractivity contribution in [2.24, 2.45) is 0 Å². The van der Waals surface area contributed by atoms with Gasteiger partial charge in [-0.3, -0.25) is 9.78 Å². The van der Waals surface area contributed by atoms with Gasteiger partial charge in [-0.25, -0.2) is 14.4 Å². The van der Waals surface area contributed by atoms with Crippen molar-refractivity contribution in [3.8, 4) is 11.4 Å². The quantitative estimate of drug-likeness (QED) is 0.544. The summed E-state index contributed by atoms with van der Waals surface area (Å²) in [5, 5.41) is 11.5. The Hall–Kier alpha value is -3.62. The van der Waals surface area contributed by atoms with E-state index in [9.17, 15) is 9.18 Å². The normalized spacial score (nSPS) is 17.1. The summed E-state index contributed by atoms with van der Waals surface area (Å²) in [4.78, 5) is 25.8. The van der Waals surface area contributed by atoms with Gasteiger partial charge in [0.15, 0.2) is 11.5 Å². The Bertz CT molecular complexity index is 1270. The zero-order chi connectivity index (χ0) is 20.7. The third kappa shape index (κ3) is 3.22. The molecule has 0 unspecified atom stereocenters. The summed E-state index contributed by atoms with van der Waals surface area (Å²) in [7, 11) is 0. The number of rotatable bonds is 3. The zero-order valence-corrected chi connectivity index (χ0v) is 16.4. The molecule has 1 aliphatic rings. The molecule has 1 saturated heterocycles. The highest BCUT2D eigenvalue weighted by Crippen LogP contribution is 2.25. The van der Waals surface area contributed by atoms with E-state index >= 15 is 0 Å². The van der Waals surface area contributed by atoms with Gasteiger partial charge in [0.2, 0.25) is 11.9 Å². The van der Waals surface area contributed by atoms with Gasteiger partial charge in [-0.1, -0.05) is 12.1 Å². The fourth-order valence-corrected chi connectivity index (χ4v) is 3.63. The summed E-state index contributed by atoms with van der Waals surface area (Å²) in [6, 6.07) is 8.55. The Kier molecular flexibility index (Phi) is 4.50. The van der Waals surface area contributed by atoms with Crippen molar-refractivity contribution in [1.29, 1.82) is 0 Å². The lowest BCUT2D eigenvalue weighted by atomic mass is 10.1. The van der Waals surface area contributed by atoms with Crippen LogP contribution < -0.4 is 10.6 Å². The average Bonchev–Trinajstić information content (AvgIpc) is 3.11. The number of amides is 1. The second kappa shape index (κ2) is 7.33. The Morgan fingerprint density at radius 2 is 2.10 bits per heavy atom. The van der Waals surface area contributed by atoms with E-state index in [2.05, 4.69) is 30.7 Å². The monoisotopic (exact) mass is 405 g/mol. The fourth-order valence-electron chi connectivity index (χ4n) is 3.63. The molecule has 4 aromatic rings. The van der Waals surface area contributed by atoms with Gasteiger partial charge in [-0.2, -0.15) is 4.52 Å². The molecule has 0 aliphatic carbocycles. The second-order valence-electron chi connectivity index (χ2n) is 7.40. The van der Waals surface area contributed by atoms with E-state index in [-0.39, 0.29) is 5.91 Å². The number of hydrogen-bond acceptors (Lipinski definition) is 6. The van der Waals surface area contributed by atoms with Crippen LogP contribution >= 0.6 is 0 Å². The smallest absolute Gasteiger partial charge is 0.242 e. The van der Waals surface area contributed by atoms with Crippen molar-refractivity contribution in [3.63, 3.8) is 0 Å². The molecular weight excluding hydrogens is 385 g/mol. The van der Waals surface area contributed by atoms with Gasteiger partial charge < -0.3 is 10.6 Å². The highest BCUT2D eigenvalue weighted by atomic mass is 19.1. The first kappa shape index (κ1) is 18.4. The lowest BCUT2D eigenvalue weighted by Gasteiger charge is -2.16. The molecule has 0 spiro atoms. The summed E-state index contributed by atoms with van der Waals surface area (Å²) in [5.41, 5.74) is 2.10. The van der Waals surface area contributed by atoms with Crippen LogP contribution in [0.1, 0.15) is 25.0 Å². The highest BCUT2D eigenvalue weighted by Gasteiger charge is 2.23. The number of hydrogen-bond donors (Lipinski definition) is 2. The lowest BCUT2D eigenvalue weighted by Crippen LogP contribution is -2.38. The van der Waals surface area contributed by atoms with Crippen molar-refractivity contribution in [2.75, 3.05) is 11.9 Å². The number of fused-ring (bicyclic) bond motifs is 3. The minimum Gasteiger partial charge on any atom is -0.354 e. The molecule has 1 atom stereocenters. The molecular formula is C21H20FN7O. The SMILES string of the molecule is Cc1ncc(-c2nc3c4ccccc4nc(N[C@@H]4CCCCNC4=O)n3n2)cc1F. The highest BCUT2D eigenvalue weighted by molar-refractivity contribution is 5.93. The van der Waals surface area contributed by atoms with Crippen LogP contribution in [0.4, 0.5) is 10.3 Å². The summed E-state index contributed by atoms with van der Waals surface area (Å²) >= 11 is 0. The molecule has 0 saturated carbocycles. The molecule has 1 aromatic carbocycles. The third-order valence-corrected chi connectivity index (χ3v) is 5.30. The minimum atomic E-state index is -0.414. The van der Waals surface area contributed by atoms with Gasteiger partial charge in [0.25, 0.3) is 0 Å². The van der Waals surface area contributed by atoms with Crippen LogP contribution in [0.15, 0.2) is 36.5 Å². The van der Waals surface area contributed by atoms with E-state index in [1.54, 1.807) is 17.6 Å². The molecule has 8 nitrogen and oxygen atoms in total. The number of carbonyl (C=O) groups is 1. The van der Waals surface area contributed by atoms with Crippen LogP contribution in [-0.4, -0.2) is 43.1 Å². The van der Waals surface area contributed by atoms with Crippen LogP contribution in [0.2, 0.25) is 0 Å². The van der Waals surface area contributed by atoms with E-state index in [4.69, 9.17) is 0 Å². The topological polar surface area (TPSA) is 97.1 Å². The fraction of sp³-hybridized carbons (Fsp3) is 0.286. The molecule has 3 aromatic heterocycles. The molecule has 1 amide bonds. The van der Waals surface area contributed by atoms with E-state index in [1.807, 2.05) is 24.3 Å². The van der Waals surface area contributed by atoms with Gasteiger partial charge in [0.1, 0.15) is 11.9 Å². The van der Waals surface area contributed by atoms with Crippen molar-refractivity contribution in [2.45, 2.75) is 32.2 Å². The van der Waals surface area contributed by atoms with Crippen LogP contribution in [-0.2, 0) is 4.79 Å². The van der Waals surface area contributed by atoms with E-state index in [0.717, 1.165) is 23.7 Å². The molecule has 2 N–H and O–H groups in total. The summed E-state index contributed by atoms with van der Waals surface area (Å²) < 4.78 is 15.6. The molecule has 1 aliphatic heterocycles. The standard InChI is InChI=1S/C21H20FN7O/c1-12-15(22)10-13(11-24-12)18-27-19-14-6-2-3-7-16(14)25-21(29(19)28-18)26-17-8-4-5-9-23-20(17)30/h2-3,6-7,10-11,17H,4-5,8-9H2,1H3,(H,23,30)(H,25,26)/t17-/m1/s1. The Labute approximate surface area is 171 Å². The van der Waals surface area contributed by atoms with Crippen LogP contribution in [0.25, 0.3) is 27.9 Å². The zero-order valence-electron chi connectivity index (χ0n) is 16.4. The molecule has 0 bridgehead atoms. The van der Waals surface area contributed by atoms with E-state index in [0.29, 0.717) is 41.6 Å². The van der Waals surface area contributed by atoms with Crippen molar-refractivity contribution in [1.82, 2.24) is 29.9 Å². The van der Waals surface area contributed by atoms with Crippen molar-refractivity contribution < 1.29 is 9.18 Å². The third-order valence-electron chi connectivity index (χ3n) is 5.30. The number of nitrogens with one attached hydrogen (secondary N) is 2. The number of carbonyl (C=O) groups excluding carboxylic acids is 1. The van der Waals surface area contributed by atoms with E-state index < -0.39 is 11.9 Å². The Morgan fingerprint density at radius 1 is 1.23 bits per heavy atom. The summed E-state index contributed by atoms with van der Waals surface area (Å²) in [5.74, 6) is 0.293.